The fourth-order valence-electron chi connectivity index (χ4n) is 6.64. The quantitative estimate of drug-likeness (QED) is 0.129. The van der Waals surface area contributed by atoms with Crippen molar-refractivity contribution in [2.45, 2.75) is 78.0 Å². The van der Waals surface area contributed by atoms with Crippen molar-refractivity contribution in [3.63, 3.8) is 0 Å². The maximum Gasteiger partial charge on any atom is 0.343 e. The van der Waals surface area contributed by atoms with E-state index in [1.54, 1.807) is 26.1 Å². The maximum atomic E-state index is 11.1. The number of para-hydroxylation sites is 1. The van der Waals surface area contributed by atoms with E-state index in [-0.39, 0.29) is 27.7 Å². The van der Waals surface area contributed by atoms with Crippen LogP contribution in [0.5, 0.6) is 11.6 Å². The van der Waals surface area contributed by atoms with Gasteiger partial charge in [0, 0.05) is 7.05 Å². The van der Waals surface area contributed by atoms with E-state index in [1.807, 2.05) is 18.2 Å². The molecule has 0 aliphatic rings. The smallest absolute Gasteiger partial charge is 0.343 e. The summed E-state index contributed by atoms with van der Waals surface area (Å²) >= 11 is -1.84. The number of carboxylic acid groups (broad SMARTS) is 1. The first-order valence-electron chi connectivity index (χ1n) is 16.7. The van der Waals surface area contributed by atoms with Gasteiger partial charge in [0.1, 0.15) is 11.3 Å². The van der Waals surface area contributed by atoms with Crippen molar-refractivity contribution in [2.75, 3.05) is 0 Å². The van der Waals surface area contributed by atoms with Crippen molar-refractivity contribution in [2.24, 2.45) is 7.05 Å². The van der Waals surface area contributed by atoms with E-state index in [0.29, 0.717) is 11.4 Å². The van der Waals surface area contributed by atoms with E-state index >= 15 is 0 Å². The molecule has 0 saturated carbocycles. The van der Waals surface area contributed by atoms with Crippen LogP contribution in [-0.4, -0.2) is 40.6 Å². The number of aromatic nitrogens is 2. The number of carboxylic acids is 1. The van der Waals surface area contributed by atoms with Crippen LogP contribution in [0, 0.1) is 6.92 Å². The van der Waals surface area contributed by atoms with Gasteiger partial charge in [0.25, 0.3) is 0 Å². The van der Waals surface area contributed by atoms with Crippen LogP contribution in [0.1, 0.15) is 74.3 Å². The normalized spacial score (nSPS) is 11.9. The van der Waals surface area contributed by atoms with Gasteiger partial charge in [-0.1, -0.05) is 18.2 Å². The molecular weight excluding hydrogens is 699 g/mol. The van der Waals surface area contributed by atoms with Crippen molar-refractivity contribution in [3.05, 3.63) is 149 Å². The van der Waals surface area contributed by atoms with Crippen molar-refractivity contribution in [1.29, 1.82) is 0 Å². The first-order valence-corrected chi connectivity index (χ1v) is 22.7. The Balaban J connectivity index is 0.000000257. The Morgan fingerprint density at radius 3 is 1.31 bits per heavy atom. The minimum absolute atomic E-state index is 0.0938. The van der Waals surface area contributed by atoms with Crippen LogP contribution in [0.25, 0.3) is 0 Å². The molecule has 0 spiro atoms. The Bertz CT molecular complexity index is 1600. The molecule has 1 aromatic heterocycles. The summed E-state index contributed by atoms with van der Waals surface area (Å²) in [4.78, 5) is 11.1. The summed E-state index contributed by atoms with van der Waals surface area (Å²) in [6, 6.07) is 42.5. The van der Waals surface area contributed by atoms with Gasteiger partial charge in [-0.25, -0.2) is 9.48 Å². The van der Waals surface area contributed by atoms with Crippen LogP contribution in [0.15, 0.2) is 121 Å². The van der Waals surface area contributed by atoms with Crippen molar-refractivity contribution >= 4 is 25.7 Å². The largest absolute Gasteiger partial charge is 0.477 e. The number of hydrogen-bond acceptors (Lipinski definition) is 3. The number of aryl methyl sites for hydroxylation is 2. The van der Waals surface area contributed by atoms with Gasteiger partial charge in [-0.2, -0.15) is 5.10 Å². The Hall–Kier alpha value is -3.84. The number of nitrogens with zero attached hydrogens (tertiary/aromatic N) is 2. The fourth-order valence-corrected chi connectivity index (χ4v) is 20.2. The molecule has 0 atom stereocenters. The number of carbonyl (C=O) groups is 1. The number of benzene rings is 4. The molecule has 0 fully saturated rings. The van der Waals surface area contributed by atoms with Crippen LogP contribution in [0.4, 0.5) is 0 Å². The molecule has 0 amide bonds. The van der Waals surface area contributed by atoms with Crippen molar-refractivity contribution in [3.8, 4) is 11.6 Å². The van der Waals surface area contributed by atoms with Crippen molar-refractivity contribution in [1.82, 2.24) is 9.78 Å². The van der Waals surface area contributed by atoms with E-state index in [1.165, 1.54) is 34.7 Å². The molecule has 0 aliphatic heterocycles. The summed E-state index contributed by atoms with van der Waals surface area (Å²) < 4.78 is 11.1. The third kappa shape index (κ3) is 9.85. The Labute approximate surface area is 294 Å². The van der Waals surface area contributed by atoms with E-state index in [2.05, 4.69) is 138 Å². The zero-order valence-corrected chi connectivity index (χ0v) is 32.7. The molecule has 48 heavy (non-hydrogen) atoms. The summed E-state index contributed by atoms with van der Waals surface area (Å²) in [5.74, 6) is -0.222. The van der Waals surface area contributed by atoms with Gasteiger partial charge in [0.05, 0.1) is 5.69 Å². The fraction of sp³-hybridized carbons (Fsp3) is 0.333. The van der Waals surface area contributed by atoms with Gasteiger partial charge in [0.15, 0.2) is 0 Å². The SMILES string of the molecule is CC(C)([CH2][Sn]([CH2]C(C)(C)c1ccccc1)[CH2]C(C)(C)c1ccccc1)c1ccccc1.Cc1nn(C)c(Oc2ccccc2)c1C(=O)O. The molecule has 0 aliphatic carbocycles. The van der Waals surface area contributed by atoms with Gasteiger partial charge >= 0.3 is 205 Å². The van der Waals surface area contributed by atoms with Gasteiger partial charge in [-0.15, -0.1) is 0 Å². The van der Waals surface area contributed by atoms with Crippen LogP contribution >= 0.6 is 0 Å². The monoisotopic (exact) mass is 751 g/mol. The zero-order chi connectivity index (χ0) is 35.0. The van der Waals surface area contributed by atoms with Crippen LogP contribution in [0.2, 0.25) is 13.3 Å². The summed E-state index contributed by atoms with van der Waals surface area (Å²) in [6.45, 7) is 16.4. The van der Waals surface area contributed by atoms with Gasteiger partial charge in [0.2, 0.25) is 5.88 Å². The average Bonchev–Trinajstić information content (AvgIpc) is 3.34. The molecule has 1 N–H and O–H groups in total. The zero-order valence-electron chi connectivity index (χ0n) is 29.8. The number of rotatable bonds is 12. The van der Waals surface area contributed by atoms with E-state index < -0.39 is 25.7 Å². The number of ether oxygens (including phenoxy) is 1. The predicted octanol–water partition coefficient (Wildman–Crippen LogP) is 10.6. The molecule has 5 aromatic rings. The average molecular weight is 751 g/mol. The topological polar surface area (TPSA) is 64.4 Å². The molecule has 0 unspecified atom stereocenters. The molecule has 1 radical (unpaired) electrons. The number of aromatic carboxylic acids is 1. The second-order valence-corrected chi connectivity index (χ2v) is 21.9. The Morgan fingerprint density at radius 2 is 0.979 bits per heavy atom. The predicted molar refractivity (Wildman–Crippen MR) is 200 cm³/mol. The van der Waals surface area contributed by atoms with Gasteiger partial charge in [-0.3, -0.25) is 0 Å². The summed E-state index contributed by atoms with van der Waals surface area (Å²) in [7, 11) is 1.65. The molecular formula is C42H51N2O3Sn. The molecule has 6 heteroatoms. The minimum atomic E-state index is -1.84. The summed E-state index contributed by atoms with van der Waals surface area (Å²) in [5, 5.41) is 13.1. The Kier molecular flexibility index (Phi) is 12.4. The van der Waals surface area contributed by atoms with Gasteiger partial charge in [-0.05, 0) is 19.1 Å². The molecule has 0 bridgehead atoms. The van der Waals surface area contributed by atoms with Gasteiger partial charge < -0.3 is 9.84 Å². The molecule has 5 nitrogen and oxygen atoms in total. The molecule has 5 rings (SSSR count). The maximum absolute atomic E-state index is 11.1. The number of hydrogen-bond donors (Lipinski definition) is 1. The molecule has 1 heterocycles. The standard InChI is InChI=1S/C12H12N2O3.3C10H13.Sn/c1-8-10(12(15)16)11(14(2)13-8)17-9-6-4-3-5-7-9;3*1-10(2,3)9-7-5-4-6-8-9;/h3-7H,1-2H3,(H,15,16);3*4-8H,1H2,2-3H3;. The molecule has 0 saturated heterocycles. The Morgan fingerprint density at radius 1 is 0.646 bits per heavy atom. The van der Waals surface area contributed by atoms with E-state index in [9.17, 15) is 4.79 Å². The summed E-state index contributed by atoms with van der Waals surface area (Å²) in [6.07, 6.45) is 0. The van der Waals surface area contributed by atoms with Crippen LogP contribution < -0.4 is 4.74 Å². The van der Waals surface area contributed by atoms with Crippen LogP contribution in [0.3, 0.4) is 0 Å². The second kappa shape index (κ2) is 16.0. The second-order valence-electron chi connectivity index (χ2n) is 14.6. The van der Waals surface area contributed by atoms with E-state index in [0.717, 1.165) is 0 Å². The minimum Gasteiger partial charge on any atom is -0.477 e. The van der Waals surface area contributed by atoms with E-state index in [4.69, 9.17) is 9.84 Å². The molecule has 251 valence electrons. The van der Waals surface area contributed by atoms with Crippen LogP contribution in [-0.2, 0) is 23.3 Å². The first kappa shape index (κ1) is 37.0. The summed E-state index contributed by atoms with van der Waals surface area (Å²) in [5.41, 5.74) is 5.69. The third-order valence-corrected chi connectivity index (χ3v) is 20.9. The third-order valence-electron chi connectivity index (χ3n) is 9.08. The first-order chi connectivity index (χ1) is 22.7. The van der Waals surface area contributed by atoms with Crippen molar-refractivity contribution < 1.29 is 14.6 Å². The molecule has 4 aromatic carbocycles.